The van der Waals surface area contributed by atoms with Crippen molar-refractivity contribution in [1.82, 2.24) is 4.98 Å². The lowest BCUT2D eigenvalue weighted by atomic mass is 9.94. The number of nitrogen functional groups attached to an aromatic ring is 2. The van der Waals surface area contributed by atoms with Crippen LogP contribution in [0.2, 0.25) is 0 Å². The maximum atomic E-state index is 13.8. The number of nitrogens with two attached hydrogens (primary N) is 3. The smallest absolute Gasteiger partial charge is 0.272 e. The molecule has 0 bridgehead atoms. The molecule has 0 saturated carbocycles. The highest BCUT2D eigenvalue weighted by molar-refractivity contribution is 9.10. The van der Waals surface area contributed by atoms with Gasteiger partial charge in [-0.05, 0) is 30.7 Å². The first-order chi connectivity index (χ1) is 11.3. The van der Waals surface area contributed by atoms with Gasteiger partial charge in [-0.25, -0.2) is 4.39 Å². The molecule has 0 saturated heterocycles. The van der Waals surface area contributed by atoms with Gasteiger partial charge in [0.1, 0.15) is 11.5 Å². The molecule has 0 aliphatic rings. The number of rotatable bonds is 2. The molecule has 1 aromatic heterocycles. The van der Waals surface area contributed by atoms with Crippen LogP contribution in [0, 0.1) is 12.7 Å². The van der Waals surface area contributed by atoms with E-state index in [1.54, 1.807) is 0 Å². The van der Waals surface area contributed by atoms with Crippen LogP contribution in [0.1, 0.15) is 11.1 Å². The number of nitrogens with one attached hydrogen (secondary N) is 1. The van der Waals surface area contributed by atoms with Crippen molar-refractivity contribution in [2.45, 2.75) is 6.92 Å². The molecule has 7 N–H and O–H groups in total. The molecule has 24 heavy (non-hydrogen) atoms. The van der Waals surface area contributed by atoms with Crippen LogP contribution in [-0.2, 0) is 0 Å². The lowest BCUT2D eigenvalue weighted by Gasteiger charge is -2.14. The van der Waals surface area contributed by atoms with Gasteiger partial charge < -0.3 is 16.5 Å². The van der Waals surface area contributed by atoms with E-state index in [1.165, 1.54) is 18.3 Å². The van der Waals surface area contributed by atoms with Crippen LogP contribution in [-0.4, -0.2) is 11.2 Å². The summed E-state index contributed by atoms with van der Waals surface area (Å²) in [6.07, 6.45) is 1.21. The van der Waals surface area contributed by atoms with E-state index in [0.29, 0.717) is 27.6 Å². The first-order valence-corrected chi connectivity index (χ1v) is 7.89. The van der Waals surface area contributed by atoms with Gasteiger partial charge in [0.25, 0.3) is 5.56 Å². The van der Waals surface area contributed by atoms with Gasteiger partial charge in [0.2, 0.25) is 0 Å². The Morgan fingerprint density at radius 2 is 1.96 bits per heavy atom. The second-order valence-electron chi connectivity index (χ2n) is 5.48. The number of hydrogen-bond acceptors (Lipinski definition) is 3. The molecule has 122 valence electrons. The zero-order valence-electron chi connectivity index (χ0n) is 12.8. The van der Waals surface area contributed by atoms with E-state index in [4.69, 9.17) is 16.9 Å². The number of hydrogen-bond donors (Lipinski definition) is 4. The lowest BCUT2D eigenvalue weighted by molar-refractivity contribution is -0.104. The zero-order chi connectivity index (χ0) is 17.6. The Labute approximate surface area is 145 Å². The Hall–Kier alpha value is -2.67. The minimum atomic E-state index is -0.583. The van der Waals surface area contributed by atoms with E-state index >= 15 is 0 Å². The predicted molar refractivity (Wildman–Crippen MR) is 98.3 cm³/mol. The average molecular weight is 390 g/mol. The predicted octanol–water partition coefficient (Wildman–Crippen LogP) is 1.75. The van der Waals surface area contributed by atoms with Gasteiger partial charge in [-0.1, -0.05) is 22.0 Å². The summed E-state index contributed by atoms with van der Waals surface area (Å²) in [5, 5.41) is 6.34. The second-order valence-corrected chi connectivity index (χ2v) is 6.33. The van der Waals surface area contributed by atoms with Crippen molar-refractivity contribution in [1.29, 1.82) is 0 Å². The molecule has 0 aliphatic carbocycles. The molecule has 5 nitrogen and oxygen atoms in total. The minimum Gasteiger partial charge on any atom is -0.396 e. The molecular weight excluding hydrogens is 375 g/mol. The summed E-state index contributed by atoms with van der Waals surface area (Å²) < 4.78 is 14.6. The summed E-state index contributed by atoms with van der Waals surface area (Å²) in [5.74, 6) is -0.583. The highest BCUT2D eigenvalue weighted by atomic mass is 79.9. The van der Waals surface area contributed by atoms with Gasteiger partial charge in [0, 0.05) is 26.5 Å². The van der Waals surface area contributed by atoms with Gasteiger partial charge in [0.05, 0.1) is 11.3 Å². The molecule has 3 aromatic rings. The molecule has 0 radical (unpaired) electrons. The number of aromatic nitrogens is 1. The fourth-order valence-corrected chi connectivity index (χ4v) is 3.08. The molecule has 0 fully saturated rings. The first kappa shape index (κ1) is 16.2. The zero-order valence-corrected chi connectivity index (χ0v) is 14.4. The van der Waals surface area contributed by atoms with E-state index in [0.717, 1.165) is 10.0 Å². The van der Waals surface area contributed by atoms with Crippen LogP contribution in [0.4, 0.5) is 15.8 Å². The Morgan fingerprint density at radius 1 is 1.25 bits per heavy atom. The van der Waals surface area contributed by atoms with Crippen LogP contribution in [0.25, 0.3) is 22.0 Å². The normalized spacial score (nSPS) is 11.0. The SMILES string of the molecule is Cc1cc2[nH]c(=O)c(N)c(-c3ccc(F)c(N)c3C=[NH2+])c2cc1Br. The van der Waals surface area contributed by atoms with E-state index in [-0.39, 0.29) is 11.4 Å². The fourth-order valence-electron chi connectivity index (χ4n) is 2.74. The molecule has 3 rings (SSSR count). The molecule has 2 aromatic carbocycles. The second kappa shape index (κ2) is 5.76. The quantitative estimate of drug-likeness (QED) is 0.395. The molecule has 0 atom stereocenters. The number of H-pyrrole nitrogens is 1. The number of halogens is 2. The van der Waals surface area contributed by atoms with Gasteiger partial charge in [0.15, 0.2) is 6.21 Å². The third kappa shape index (κ3) is 2.37. The summed E-state index contributed by atoms with van der Waals surface area (Å²) in [6, 6.07) is 6.44. The number of aryl methyl sites for hydroxylation is 1. The Kier molecular flexibility index (Phi) is 3.88. The number of fused-ring (bicyclic) bond motifs is 1. The van der Waals surface area contributed by atoms with Gasteiger partial charge in [-0.15, -0.1) is 0 Å². The molecule has 1 heterocycles. The van der Waals surface area contributed by atoms with Crippen molar-refractivity contribution >= 4 is 44.4 Å². The highest BCUT2D eigenvalue weighted by Crippen LogP contribution is 2.37. The lowest BCUT2D eigenvalue weighted by Crippen LogP contribution is -2.31. The van der Waals surface area contributed by atoms with Crippen molar-refractivity contribution in [3.8, 4) is 11.1 Å². The average Bonchev–Trinajstić information content (AvgIpc) is 2.54. The topological polar surface area (TPSA) is 110 Å². The standard InChI is InChI=1S/C17H14BrFN4O/c1-7-4-13-9(5-11(7)18)14(16(22)17(24)23-13)8-2-3-12(19)15(21)10(8)6-20/h2-6,20H,21-22H2,1H3,(H,23,24)/p+1. The molecule has 0 aliphatic heterocycles. The van der Waals surface area contributed by atoms with Crippen molar-refractivity contribution in [2.75, 3.05) is 11.5 Å². The number of anilines is 2. The van der Waals surface area contributed by atoms with E-state index in [9.17, 15) is 9.18 Å². The van der Waals surface area contributed by atoms with E-state index < -0.39 is 11.4 Å². The monoisotopic (exact) mass is 389 g/mol. The van der Waals surface area contributed by atoms with Crippen LogP contribution in [0.5, 0.6) is 0 Å². The Bertz CT molecular complexity index is 1060. The summed E-state index contributed by atoms with van der Waals surface area (Å²) in [6.45, 7) is 1.91. The summed E-state index contributed by atoms with van der Waals surface area (Å²) in [4.78, 5) is 15.0. The van der Waals surface area contributed by atoms with Gasteiger partial charge >= 0.3 is 0 Å². The third-order valence-corrected chi connectivity index (χ3v) is 4.85. The molecule has 7 heteroatoms. The largest absolute Gasteiger partial charge is 0.396 e. The van der Waals surface area contributed by atoms with Crippen LogP contribution in [0.15, 0.2) is 33.5 Å². The molecule has 0 amide bonds. The van der Waals surface area contributed by atoms with Gasteiger partial charge in [-0.3, -0.25) is 10.2 Å². The Balaban J connectivity index is 2.53. The fraction of sp³-hybridized carbons (Fsp3) is 0.0588. The Morgan fingerprint density at radius 3 is 2.62 bits per heavy atom. The van der Waals surface area contributed by atoms with Crippen molar-refractivity contribution in [3.63, 3.8) is 0 Å². The maximum Gasteiger partial charge on any atom is 0.272 e. The number of pyridine rings is 1. The van der Waals surface area contributed by atoms with Crippen molar-refractivity contribution in [3.05, 3.63) is 56.0 Å². The highest BCUT2D eigenvalue weighted by Gasteiger charge is 2.19. The molecular formula is C17H15BrFN4O+. The minimum absolute atomic E-state index is 0.0207. The van der Waals surface area contributed by atoms with E-state index in [1.807, 2.05) is 19.1 Å². The summed E-state index contributed by atoms with van der Waals surface area (Å²) >= 11 is 3.48. The molecule has 0 unspecified atom stereocenters. The number of benzene rings is 2. The third-order valence-electron chi connectivity index (χ3n) is 4.00. The summed E-state index contributed by atoms with van der Waals surface area (Å²) in [7, 11) is 0. The summed E-state index contributed by atoms with van der Waals surface area (Å²) in [5.41, 5.74) is 14.2. The van der Waals surface area contributed by atoms with Crippen LogP contribution < -0.4 is 22.4 Å². The van der Waals surface area contributed by atoms with Crippen LogP contribution >= 0.6 is 15.9 Å². The van der Waals surface area contributed by atoms with Gasteiger partial charge in [-0.2, -0.15) is 0 Å². The van der Waals surface area contributed by atoms with Crippen molar-refractivity contribution < 1.29 is 9.80 Å². The molecule has 0 spiro atoms. The maximum absolute atomic E-state index is 13.8. The van der Waals surface area contributed by atoms with E-state index in [2.05, 4.69) is 20.9 Å². The van der Waals surface area contributed by atoms with Crippen molar-refractivity contribution in [2.24, 2.45) is 0 Å². The van der Waals surface area contributed by atoms with Crippen LogP contribution in [0.3, 0.4) is 0 Å². The number of aromatic amines is 1. The first-order valence-electron chi connectivity index (χ1n) is 7.10.